The van der Waals surface area contributed by atoms with Gasteiger partial charge in [-0.05, 0) is 56.2 Å². The van der Waals surface area contributed by atoms with Crippen LogP contribution in [0.2, 0.25) is 0 Å². The van der Waals surface area contributed by atoms with Crippen LogP contribution in [-0.2, 0) is 4.74 Å². The predicted octanol–water partition coefficient (Wildman–Crippen LogP) is 3.39. The molecule has 0 amide bonds. The molecule has 2 aromatic rings. The molecule has 4 unspecified atom stereocenters. The van der Waals surface area contributed by atoms with Crippen LogP contribution in [0.5, 0.6) is 0 Å². The Morgan fingerprint density at radius 2 is 2.18 bits per heavy atom. The summed E-state index contributed by atoms with van der Waals surface area (Å²) in [4.78, 5) is 9.01. The zero-order chi connectivity index (χ0) is 14.6. The van der Waals surface area contributed by atoms with Gasteiger partial charge in [0.15, 0.2) is 0 Å². The minimum atomic E-state index is 0.193. The fraction of sp³-hybridized carbons (Fsp3) is 0.556. The minimum absolute atomic E-state index is 0.193. The quantitative estimate of drug-likeness (QED) is 0.922. The molecular formula is C18H21N3O. The first kappa shape index (κ1) is 12.8. The second kappa shape index (κ2) is 4.66. The molecule has 1 saturated heterocycles. The van der Waals surface area contributed by atoms with E-state index in [0.29, 0.717) is 12.0 Å². The van der Waals surface area contributed by atoms with Gasteiger partial charge in [-0.15, -0.1) is 0 Å². The van der Waals surface area contributed by atoms with E-state index in [-0.39, 0.29) is 5.60 Å². The monoisotopic (exact) mass is 295 g/mol. The van der Waals surface area contributed by atoms with E-state index in [0.717, 1.165) is 29.2 Å². The van der Waals surface area contributed by atoms with Gasteiger partial charge in [-0.25, -0.2) is 4.98 Å². The Balaban J connectivity index is 1.46. The number of ether oxygens (including phenoxy) is 1. The van der Waals surface area contributed by atoms with Gasteiger partial charge in [-0.3, -0.25) is 4.98 Å². The van der Waals surface area contributed by atoms with Crippen molar-refractivity contribution in [3.8, 4) is 0 Å². The molecule has 2 saturated carbocycles. The zero-order valence-corrected chi connectivity index (χ0v) is 12.7. The molecule has 22 heavy (non-hydrogen) atoms. The van der Waals surface area contributed by atoms with Crippen LogP contribution in [0.25, 0.3) is 10.9 Å². The van der Waals surface area contributed by atoms with Crippen molar-refractivity contribution in [1.29, 1.82) is 0 Å². The van der Waals surface area contributed by atoms with E-state index in [1.54, 1.807) is 0 Å². The summed E-state index contributed by atoms with van der Waals surface area (Å²) < 4.78 is 6.23. The standard InChI is InChI=1S/C18H21N3O/c1-4-16(14-11-12-6-10-22-18(12,14)7-1)21-17-13-3-2-8-19-15(13)5-9-20-17/h2-3,5,8-9,12,14,16H,1,4,6-7,10-11H2,(H,20,21). The number of hydrogen-bond donors (Lipinski definition) is 1. The third kappa shape index (κ3) is 1.67. The number of nitrogens with one attached hydrogen (secondary N) is 1. The Bertz CT molecular complexity index is 713. The highest BCUT2D eigenvalue weighted by Gasteiger charge is 2.62. The van der Waals surface area contributed by atoms with Crippen molar-refractivity contribution in [2.45, 2.75) is 43.7 Å². The van der Waals surface area contributed by atoms with Gasteiger partial charge in [0, 0.05) is 36.3 Å². The van der Waals surface area contributed by atoms with Crippen LogP contribution in [0.4, 0.5) is 5.82 Å². The normalized spacial score (nSPS) is 36.5. The number of rotatable bonds is 2. The fourth-order valence-corrected chi connectivity index (χ4v) is 5.06. The highest BCUT2D eigenvalue weighted by molar-refractivity contribution is 5.88. The van der Waals surface area contributed by atoms with E-state index in [4.69, 9.17) is 4.74 Å². The molecule has 3 heterocycles. The van der Waals surface area contributed by atoms with Crippen LogP contribution >= 0.6 is 0 Å². The highest BCUT2D eigenvalue weighted by Crippen LogP contribution is 2.59. The Morgan fingerprint density at radius 1 is 1.18 bits per heavy atom. The lowest BCUT2D eigenvalue weighted by molar-refractivity contribution is -0.160. The van der Waals surface area contributed by atoms with Crippen LogP contribution < -0.4 is 5.32 Å². The maximum atomic E-state index is 6.23. The molecule has 4 heteroatoms. The molecule has 5 rings (SSSR count). The topological polar surface area (TPSA) is 47.0 Å². The summed E-state index contributed by atoms with van der Waals surface area (Å²) in [6.07, 6.45) is 10.0. The lowest BCUT2D eigenvalue weighted by Gasteiger charge is -2.57. The third-order valence-electron chi connectivity index (χ3n) is 6.11. The molecule has 2 aromatic heterocycles. The van der Waals surface area contributed by atoms with Crippen molar-refractivity contribution in [2.24, 2.45) is 11.8 Å². The zero-order valence-electron chi connectivity index (χ0n) is 12.7. The van der Waals surface area contributed by atoms with Crippen molar-refractivity contribution in [2.75, 3.05) is 11.9 Å². The second-order valence-electron chi connectivity index (χ2n) is 7.00. The Labute approximate surface area is 130 Å². The molecule has 1 aliphatic heterocycles. The van der Waals surface area contributed by atoms with Gasteiger partial charge in [-0.2, -0.15) is 0 Å². The van der Waals surface area contributed by atoms with Gasteiger partial charge < -0.3 is 10.1 Å². The number of nitrogens with zero attached hydrogens (tertiary/aromatic N) is 2. The van der Waals surface area contributed by atoms with Gasteiger partial charge in [0.1, 0.15) is 5.82 Å². The van der Waals surface area contributed by atoms with Crippen molar-refractivity contribution in [3.05, 3.63) is 30.6 Å². The molecule has 0 radical (unpaired) electrons. The largest absolute Gasteiger partial charge is 0.374 e. The maximum Gasteiger partial charge on any atom is 0.135 e. The van der Waals surface area contributed by atoms with Crippen LogP contribution in [0.1, 0.15) is 32.1 Å². The minimum Gasteiger partial charge on any atom is -0.374 e. The van der Waals surface area contributed by atoms with Gasteiger partial charge in [0.25, 0.3) is 0 Å². The predicted molar refractivity (Wildman–Crippen MR) is 85.7 cm³/mol. The summed E-state index contributed by atoms with van der Waals surface area (Å²) in [5.74, 6) is 2.45. The van der Waals surface area contributed by atoms with Crippen molar-refractivity contribution >= 4 is 16.7 Å². The van der Waals surface area contributed by atoms with Crippen molar-refractivity contribution in [3.63, 3.8) is 0 Å². The average Bonchev–Trinajstić information content (AvgIpc) is 2.82. The van der Waals surface area contributed by atoms with E-state index in [2.05, 4.69) is 21.4 Å². The molecule has 4 atom stereocenters. The molecule has 1 N–H and O–H groups in total. The smallest absolute Gasteiger partial charge is 0.135 e. The Kier molecular flexibility index (Phi) is 2.71. The van der Waals surface area contributed by atoms with Gasteiger partial charge in [0.2, 0.25) is 0 Å². The number of pyridine rings is 2. The lowest BCUT2D eigenvalue weighted by Crippen LogP contribution is -2.61. The summed E-state index contributed by atoms with van der Waals surface area (Å²) in [5.41, 5.74) is 1.20. The van der Waals surface area contributed by atoms with Crippen molar-refractivity contribution < 1.29 is 4.74 Å². The summed E-state index contributed by atoms with van der Waals surface area (Å²) in [6.45, 7) is 0.963. The van der Waals surface area contributed by atoms with Gasteiger partial charge in [-0.1, -0.05) is 0 Å². The van der Waals surface area contributed by atoms with Gasteiger partial charge >= 0.3 is 0 Å². The molecule has 0 aromatic carbocycles. The van der Waals surface area contributed by atoms with Crippen LogP contribution in [0.15, 0.2) is 30.6 Å². The molecule has 114 valence electrons. The highest BCUT2D eigenvalue weighted by atomic mass is 16.5. The molecule has 3 aliphatic rings. The SMILES string of the molecule is c1cnc2ccnc(NC3CCCC45OCCC4CC35)c2c1. The number of hydrogen-bond acceptors (Lipinski definition) is 4. The first-order valence-corrected chi connectivity index (χ1v) is 8.47. The maximum absolute atomic E-state index is 6.23. The van der Waals surface area contributed by atoms with Crippen LogP contribution in [0.3, 0.4) is 0 Å². The summed E-state index contributed by atoms with van der Waals surface area (Å²) in [6, 6.07) is 6.55. The number of anilines is 1. The van der Waals surface area contributed by atoms with E-state index in [9.17, 15) is 0 Å². The second-order valence-corrected chi connectivity index (χ2v) is 7.00. The first-order chi connectivity index (χ1) is 10.9. The molecule has 1 spiro atoms. The van der Waals surface area contributed by atoms with E-state index in [1.165, 1.54) is 32.1 Å². The Morgan fingerprint density at radius 3 is 3.14 bits per heavy atom. The van der Waals surface area contributed by atoms with E-state index < -0.39 is 0 Å². The van der Waals surface area contributed by atoms with Gasteiger partial charge in [0.05, 0.1) is 11.1 Å². The summed E-state index contributed by atoms with van der Waals surface area (Å²) in [7, 11) is 0. The molecule has 0 bridgehead atoms. The average molecular weight is 295 g/mol. The number of aromatic nitrogens is 2. The third-order valence-corrected chi connectivity index (χ3v) is 6.11. The van der Waals surface area contributed by atoms with Crippen LogP contribution in [0, 0.1) is 11.8 Å². The van der Waals surface area contributed by atoms with E-state index in [1.807, 2.05) is 24.5 Å². The summed E-state index contributed by atoms with van der Waals surface area (Å²) in [5, 5.41) is 4.85. The molecule has 4 nitrogen and oxygen atoms in total. The molecular weight excluding hydrogens is 274 g/mol. The van der Waals surface area contributed by atoms with Crippen molar-refractivity contribution in [1.82, 2.24) is 9.97 Å². The van der Waals surface area contributed by atoms with E-state index >= 15 is 0 Å². The van der Waals surface area contributed by atoms with Crippen LogP contribution in [-0.4, -0.2) is 28.2 Å². The summed E-state index contributed by atoms with van der Waals surface area (Å²) >= 11 is 0. The fourth-order valence-electron chi connectivity index (χ4n) is 5.06. The molecule has 3 fully saturated rings. The Hall–Kier alpha value is -1.68. The lowest BCUT2D eigenvalue weighted by atomic mass is 9.53. The molecule has 2 aliphatic carbocycles. The first-order valence-electron chi connectivity index (χ1n) is 8.47. The number of fused-ring (bicyclic) bond motifs is 1.